The summed E-state index contributed by atoms with van der Waals surface area (Å²) in [5, 5.41) is 11.8. The van der Waals surface area contributed by atoms with Gasteiger partial charge in [-0.2, -0.15) is 4.98 Å². The molecule has 1 amide bonds. The highest BCUT2D eigenvalue weighted by Crippen LogP contribution is 2.22. The lowest BCUT2D eigenvalue weighted by Gasteiger charge is -2.03. The highest BCUT2D eigenvalue weighted by atomic mass is 16.5. The Balaban J connectivity index is 1.38. The molecule has 2 aromatic carbocycles. The minimum Gasteiger partial charge on any atom is -0.497 e. The molecule has 28 heavy (non-hydrogen) atoms. The summed E-state index contributed by atoms with van der Waals surface area (Å²) in [4.78, 5) is 20.7. The molecule has 0 bridgehead atoms. The minimum absolute atomic E-state index is 0.133. The number of aromatic nitrogens is 4. The molecule has 0 unspecified atom stereocenters. The molecular formula is C21H19N5O2. The average molecular weight is 373 g/mol. The Morgan fingerprint density at radius 3 is 2.79 bits per heavy atom. The molecule has 7 nitrogen and oxygen atoms in total. The summed E-state index contributed by atoms with van der Waals surface area (Å²) in [6, 6.07) is 15.5. The van der Waals surface area contributed by atoms with Crippen LogP contribution in [0.2, 0.25) is 0 Å². The van der Waals surface area contributed by atoms with E-state index in [4.69, 9.17) is 4.74 Å². The number of benzene rings is 2. The van der Waals surface area contributed by atoms with E-state index >= 15 is 0 Å². The molecule has 4 aromatic rings. The van der Waals surface area contributed by atoms with Crippen LogP contribution in [0.4, 0.5) is 5.95 Å². The van der Waals surface area contributed by atoms with Gasteiger partial charge in [0, 0.05) is 29.8 Å². The molecule has 2 aromatic heterocycles. The number of nitrogens with one attached hydrogen (secondary N) is 2. The van der Waals surface area contributed by atoms with Gasteiger partial charge in [-0.3, -0.25) is 20.2 Å². The largest absolute Gasteiger partial charge is 0.497 e. The number of hydrogen-bond donors (Lipinski definition) is 2. The van der Waals surface area contributed by atoms with E-state index in [0.717, 1.165) is 27.6 Å². The van der Waals surface area contributed by atoms with Crippen LogP contribution in [-0.2, 0) is 11.2 Å². The van der Waals surface area contributed by atoms with Crippen LogP contribution in [0.3, 0.4) is 0 Å². The van der Waals surface area contributed by atoms with Crippen LogP contribution >= 0.6 is 0 Å². The van der Waals surface area contributed by atoms with Gasteiger partial charge in [-0.15, -0.1) is 5.10 Å². The summed E-state index contributed by atoms with van der Waals surface area (Å²) in [5.74, 6) is 1.53. The molecule has 0 saturated carbocycles. The normalized spacial score (nSPS) is 10.8. The first-order valence-electron chi connectivity index (χ1n) is 8.90. The van der Waals surface area contributed by atoms with Gasteiger partial charge in [0.05, 0.1) is 7.11 Å². The first-order chi connectivity index (χ1) is 13.7. The van der Waals surface area contributed by atoms with Gasteiger partial charge in [0.25, 0.3) is 0 Å². The second kappa shape index (κ2) is 7.87. The summed E-state index contributed by atoms with van der Waals surface area (Å²) in [5.41, 5.74) is 1.96. The van der Waals surface area contributed by atoms with Crippen LogP contribution in [-0.4, -0.2) is 33.2 Å². The lowest BCUT2D eigenvalue weighted by atomic mass is 10.1. The number of aryl methyl sites for hydroxylation is 1. The third kappa shape index (κ3) is 3.98. The molecule has 0 aliphatic heterocycles. The Kier molecular flexibility index (Phi) is 4.97. The van der Waals surface area contributed by atoms with Crippen LogP contribution in [0.5, 0.6) is 5.75 Å². The summed E-state index contributed by atoms with van der Waals surface area (Å²) in [6.07, 6.45) is 4.54. The van der Waals surface area contributed by atoms with Crippen molar-refractivity contribution in [2.24, 2.45) is 0 Å². The standard InChI is InChI=1S/C21H19N5O2/c1-28-18-7-2-14(3-8-18)4-9-19(27)23-21-24-20(25-26-21)16-5-6-17-13-22-11-10-15(17)12-16/h2-3,5-8,10-13H,4,9H2,1H3,(H2,23,24,25,26,27). The van der Waals surface area contributed by atoms with Gasteiger partial charge in [0.15, 0.2) is 5.82 Å². The SMILES string of the molecule is COc1ccc(CCC(=O)Nc2n[nH]c(-c3ccc4cnccc4c3)n2)cc1. The van der Waals surface area contributed by atoms with E-state index in [9.17, 15) is 4.79 Å². The van der Waals surface area contributed by atoms with Gasteiger partial charge in [0.1, 0.15) is 5.75 Å². The van der Waals surface area contributed by atoms with Crippen molar-refractivity contribution in [2.75, 3.05) is 12.4 Å². The fourth-order valence-corrected chi connectivity index (χ4v) is 2.91. The highest BCUT2D eigenvalue weighted by Gasteiger charge is 2.10. The van der Waals surface area contributed by atoms with E-state index in [2.05, 4.69) is 25.5 Å². The third-order valence-corrected chi connectivity index (χ3v) is 4.45. The van der Waals surface area contributed by atoms with Gasteiger partial charge < -0.3 is 4.74 Å². The van der Waals surface area contributed by atoms with Crippen molar-refractivity contribution >= 4 is 22.6 Å². The van der Waals surface area contributed by atoms with Crippen molar-refractivity contribution in [3.8, 4) is 17.1 Å². The van der Waals surface area contributed by atoms with E-state index in [-0.39, 0.29) is 11.9 Å². The molecule has 0 atom stereocenters. The highest BCUT2D eigenvalue weighted by molar-refractivity contribution is 5.89. The fourth-order valence-electron chi connectivity index (χ4n) is 2.91. The van der Waals surface area contributed by atoms with E-state index in [1.54, 1.807) is 13.3 Å². The number of hydrogen-bond acceptors (Lipinski definition) is 5. The number of H-pyrrole nitrogens is 1. The van der Waals surface area contributed by atoms with E-state index in [0.29, 0.717) is 18.7 Å². The van der Waals surface area contributed by atoms with Crippen molar-refractivity contribution in [1.29, 1.82) is 0 Å². The number of methoxy groups -OCH3 is 1. The van der Waals surface area contributed by atoms with Gasteiger partial charge in [-0.1, -0.05) is 24.3 Å². The Morgan fingerprint density at radius 1 is 1.11 bits per heavy atom. The zero-order chi connectivity index (χ0) is 19.3. The molecular weight excluding hydrogens is 354 g/mol. The molecule has 7 heteroatoms. The predicted molar refractivity (Wildman–Crippen MR) is 107 cm³/mol. The zero-order valence-corrected chi connectivity index (χ0v) is 15.3. The molecule has 0 fully saturated rings. The van der Waals surface area contributed by atoms with Crippen molar-refractivity contribution in [3.05, 3.63) is 66.5 Å². The molecule has 0 spiro atoms. The first-order valence-corrected chi connectivity index (χ1v) is 8.90. The lowest BCUT2D eigenvalue weighted by Crippen LogP contribution is -2.13. The molecule has 2 heterocycles. The zero-order valence-electron chi connectivity index (χ0n) is 15.3. The maximum atomic E-state index is 12.2. The number of ether oxygens (including phenoxy) is 1. The van der Waals surface area contributed by atoms with E-state index < -0.39 is 0 Å². The Hall–Kier alpha value is -3.74. The van der Waals surface area contributed by atoms with Crippen LogP contribution in [0.25, 0.3) is 22.2 Å². The predicted octanol–water partition coefficient (Wildman–Crippen LogP) is 3.60. The maximum absolute atomic E-state index is 12.2. The summed E-state index contributed by atoms with van der Waals surface area (Å²) < 4.78 is 5.13. The molecule has 0 saturated heterocycles. The monoisotopic (exact) mass is 373 g/mol. The number of nitrogens with zero attached hydrogens (tertiary/aromatic N) is 3. The fraction of sp³-hybridized carbons (Fsp3) is 0.143. The number of amides is 1. The van der Waals surface area contributed by atoms with Gasteiger partial charge in [-0.05, 0) is 41.6 Å². The number of carbonyl (C=O) groups is 1. The van der Waals surface area contributed by atoms with Gasteiger partial charge in [0.2, 0.25) is 11.9 Å². The number of anilines is 1. The van der Waals surface area contributed by atoms with E-state index in [1.165, 1.54) is 0 Å². The topological polar surface area (TPSA) is 92.8 Å². The van der Waals surface area contributed by atoms with Crippen LogP contribution in [0.1, 0.15) is 12.0 Å². The summed E-state index contributed by atoms with van der Waals surface area (Å²) in [7, 11) is 1.63. The molecule has 140 valence electrons. The minimum atomic E-state index is -0.133. The average Bonchev–Trinajstić information content (AvgIpc) is 3.20. The third-order valence-electron chi connectivity index (χ3n) is 4.45. The molecule has 0 radical (unpaired) electrons. The quantitative estimate of drug-likeness (QED) is 0.539. The van der Waals surface area contributed by atoms with Crippen molar-refractivity contribution < 1.29 is 9.53 Å². The van der Waals surface area contributed by atoms with Crippen LogP contribution in [0, 0.1) is 0 Å². The smallest absolute Gasteiger partial charge is 0.249 e. The van der Waals surface area contributed by atoms with Crippen molar-refractivity contribution in [1.82, 2.24) is 20.2 Å². The van der Waals surface area contributed by atoms with Gasteiger partial charge in [-0.25, -0.2) is 0 Å². The molecule has 0 aliphatic carbocycles. The Morgan fingerprint density at radius 2 is 1.96 bits per heavy atom. The maximum Gasteiger partial charge on any atom is 0.249 e. The lowest BCUT2D eigenvalue weighted by molar-refractivity contribution is -0.116. The Labute approximate surface area is 161 Å². The van der Waals surface area contributed by atoms with E-state index in [1.807, 2.05) is 54.7 Å². The molecule has 4 rings (SSSR count). The second-order valence-electron chi connectivity index (χ2n) is 6.34. The summed E-state index contributed by atoms with van der Waals surface area (Å²) in [6.45, 7) is 0. The number of fused-ring (bicyclic) bond motifs is 1. The van der Waals surface area contributed by atoms with Crippen molar-refractivity contribution in [3.63, 3.8) is 0 Å². The van der Waals surface area contributed by atoms with Crippen LogP contribution < -0.4 is 10.1 Å². The Bertz CT molecular complexity index is 1110. The number of rotatable bonds is 6. The van der Waals surface area contributed by atoms with Crippen molar-refractivity contribution in [2.45, 2.75) is 12.8 Å². The first kappa shape index (κ1) is 17.7. The van der Waals surface area contributed by atoms with Gasteiger partial charge >= 0.3 is 0 Å². The second-order valence-corrected chi connectivity index (χ2v) is 6.34. The molecule has 0 aliphatic rings. The number of carbonyl (C=O) groups excluding carboxylic acids is 1. The van der Waals surface area contributed by atoms with Crippen LogP contribution in [0.15, 0.2) is 60.9 Å². The number of pyridine rings is 1. The summed E-state index contributed by atoms with van der Waals surface area (Å²) >= 11 is 0. The molecule has 2 N–H and O–H groups in total. The number of aromatic amines is 1.